The molecule has 3 N–H and O–H groups in total. The van der Waals surface area contributed by atoms with E-state index in [1.165, 1.54) is 17.5 Å². The molecule has 1 saturated heterocycles. The van der Waals surface area contributed by atoms with Crippen LogP contribution in [0.15, 0.2) is 41.4 Å². The number of hydrogen-bond donors (Lipinski definition) is 2. The molecule has 1 aliphatic carbocycles. The third-order valence-corrected chi connectivity index (χ3v) is 7.61. The number of benzene rings is 2. The molecule has 0 radical (unpaired) electrons. The molecule has 1 saturated carbocycles. The zero-order chi connectivity index (χ0) is 25.7. The number of likely N-dealkylation sites (tertiary alicyclic amines) is 1. The number of hydrazine groups is 1. The molecule has 0 spiro atoms. The first-order valence-corrected chi connectivity index (χ1v) is 12.9. The summed E-state index contributed by atoms with van der Waals surface area (Å²) in [4.78, 5) is 20.4. The van der Waals surface area contributed by atoms with Crippen molar-refractivity contribution in [3.05, 3.63) is 69.8 Å². The topological polar surface area (TPSA) is 104 Å². The van der Waals surface area contributed by atoms with E-state index in [-0.39, 0.29) is 11.9 Å². The Labute approximate surface area is 214 Å². The number of amidine groups is 1. The predicted octanol–water partition coefficient (Wildman–Crippen LogP) is 4.40. The van der Waals surface area contributed by atoms with E-state index >= 15 is 0 Å². The molecular formula is C29H37N5O2. The molecule has 0 aromatic heterocycles. The average molecular weight is 488 g/mol. The fourth-order valence-corrected chi connectivity index (χ4v) is 5.32. The Kier molecular flexibility index (Phi) is 8.40. The molecule has 0 bridgehead atoms. The van der Waals surface area contributed by atoms with Crippen LogP contribution in [0.25, 0.3) is 0 Å². The quantitative estimate of drug-likeness (QED) is 0.261. The fourth-order valence-electron chi connectivity index (χ4n) is 5.32. The summed E-state index contributed by atoms with van der Waals surface area (Å²) in [5.74, 6) is 7.49. The Morgan fingerprint density at radius 1 is 1.17 bits per heavy atom. The molecule has 7 heteroatoms. The van der Waals surface area contributed by atoms with Crippen LogP contribution in [-0.4, -0.2) is 49.5 Å². The van der Waals surface area contributed by atoms with E-state index in [1.807, 2.05) is 49.1 Å². The number of hydrogen-bond acceptors (Lipinski definition) is 5. The van der Waals surface area contributed by atoms with Gasteiger partial charge in [0.25, 0.3) is 5.91 Å². The van der Waals surface area contributed by atoms with Gasteiger partial charge in [0.15, 0.2) is 0 Å². The molecule has 1 amide bonds. The number of nitrogens with two attached hydrogens (primary N) is 1. The summed E-state index contributed by atoms with van der Waals surface area (Å²) in [6, 6.07) is 14.1. The van der Waals surface area contributed by atoms with E-state index in [0.717, 1.165) is 36.8 Å². The second-order valence-electron chi connectivity index (χ2n) is 10.1. The number of carbonyl (C=O) groups is 1. The Hall–Kier alpha value is -3.21. The van der Waals surface area contributed by atoms with Crippen LogP contribution in [0.1, 0.15) is 89.0 Å². The van der Waals surface area contributed by atoms with E-state index in [4.69, 9.17) is 20.8 Å². The average Bonchev–Trinajstić information content (AvgIpc) is 2.86. The number of aryl methyl sites for hydroxylation is 1. The van der Waals surface area contributed by atoms with Crippen molar-refractivity contribution < 1.29 is 9.53 Å². The molecule has 2 aromatic carbocycles. The van der Waals surface area contributed by atoms with Crippen molar-refractivity contribution >= 4 is 11.7 Å². The van der Waals surface area contributed by atoms with Crippen LogP contribution in [0, 0.1) is 18.3 Å². The van der Waals surface area contributed by atoms with Gasteiger partial charge in [0.05, 0.1) is 24.3 Å². The van der Waals surface area contributed by atoms with Crippen LogP contribution in [-0.2, 0) is 4.74 Å². The van der Waals surface area contributed by atoms with Crippen molar-refractivity contribution in [2.24, 2.45) is 10.8 Å². The van der Waals surface area contributed by atoms with Crippen LogP contribution >= 0.6 is 0 Å². The minimum Gasteiger partial charge on any atom is -0.382 e. The van der Waals surface area contributed by atoms with Crippen molar-refractivity contribution in [2.75, 3.05) is 26.8 Å². The number of nitriles is 1. The highest BCUT2D eigenvalue weighted by Crippen LogP contribution is 2.39. The summed E-state index contributed by atoms with van der Waals surface area (Å²) in [7, 11) is 1.66. The van der Waals surface area contributed by atoms with Gasteiger partial charge in [0.2, 0.25) is 0 Å². The highest BCUT2D eigenvalue weighted by atomic mass is 16.5. The lowest BCUT2D eigenvalue weighted by molar-refractivity contribution is 0.0712. The Morgan fingerprint density at radius 3 is 2.42 bits per heavy atom. The molecule has 1 heterocycles. The summed E-state index contributed by atoms with van der Waals surface area (Å²) < 4.78 is 5.26. The van der Waals surface area contributed by atoms with Crippen molar-refractivity contribution in [3.8, 4) is 6.07 Å². The van der Waals surface area contributed by atoms with Crippen LogP contribution in [0.4, 0.5) is 0 Å². The predicted molar refractivity (Wildman–Crippen MR) is 142 cm³/mol. The van der Waals surface area contributed by atoms with Crippen LogP contribution in [0.5, 0.6) is 0 Å². The zero-order valence-electron chi connectivity index (χ0n) is 21.6. The van der Waals surface area contributed by atoms with Gasteiger partial charge in [-0.15, -0.1) is 0 Å². The summed E-state index contributed by atoms with van der Waals surface area (Å²) in [5, 5.41) is 9.05. The van der Waals surface area contributed by atoms with Crippen molar-refractivity contribution in [1.29, 1.82) is 5.26 Å². The smallest absolute Gasteiger partial charge is 0.254 e. The van der Waals surface area contributed by atoms with Crippen molar-refractivity contribution in [3.63, 3.8) is 0 Å². The minimum atomic E-state index is -0.0583. The molecule has 7 nitrogen and oxygen atoms in total. The van der Waals surface area contributed by atoms with Gasteiger partial charge in [-0.25, -0.2) is 5.84 Å². The van der Waals surface area contributed by atoms with Gasteiger partial charge in [-0.3, -0.25) is 9.79 Å². The van der Waals surface area contributed by atoms with Crippen LogP contribution in [0.3, 0.4) is 0 Å². The minimum absolute atomic E-state index is 0.0583. The molecule has 1 atom stereocenters. The van der Waals surface area contributed by atoms with E-state index in [9.17, 15) is 4.79 Å². The van der Waals surface area contributed by atoms with E-state index < -0.39 is 0 Å². The van der Waals surface area contributed by atoms with E-state index in [2.05, 4.69) is 17.6 Å². The van der Waals surface area contributed by atoms with Crippen LogP contribution < -0.4 is 11.3 Å². The zero-order valence-corrected chi connectivity index (χ0v) is 21.6. The van der Waals surface area contributed by atoms with Gasteiger partial charge in [-0.05, 0) is 86.3 Å². The maximum Gasteiger partial charge on any atom is 0.254 e. The number of piperidine rings is 1. The van der Waals surface area contributed by atoms with E-state index in [0.29, 0.717) is 48.5 Å². The number of nitrogens with one attached hydrogen (secondary N) is 1. The van der Waals surface area contributed by atoms with Crippen LogP contribution in [0.2, 0.25) is 0 Å². The van der Waals surface area contributed by atoms with Gasteiger partial charge in [0, 0.05) is 31.3 Å². The van der Waals surface area contributed by atoms with Gasteiger partial charge in [0.1, 0.15) is 5.84 Å². The second-order valence-corrected chi connectivity index (χ2v) is 10.1. The van der Waals surface area contributed by atoms with Gasteiger partial charge in [-0.2, -0.15) is 5.26 Å². The number of rotatable bonds is 7. The second kappa shape index (κ2) is 11.7. The first-order valence-electron chi connectivity index (χ1n) is 12.9. The third kappa shape index (κ3) is 5.61. The molecule has 2 aliphatic rings. The molecule has 36 heavy (non-hydrogen) atoms. The number of nitrogens with zero attached hydrogens (tertiary/aromatic N) is 3. The summed E-state index contributed by atoms with van der Waals surface area (Å²) >= 11 is 0. The number of methoxy groups -OCH3 is 1. The van der Waals surface area contributed by atoms with E-state index in [1.54, 1.807) is 7.11 Å². The Morgan fingerprint density at radius 2 is 1.86 bits per heavy atom. The SMILES string of the molecule is COCC(C)N=C(NN)c1cc(C(=O)N2CCC(c3ccc(C#N)cc3)CC2)c(C)cc1C1CCC1. The molecular weight excluding hydrogens is 450 g/mol. The lowest BCUT2D eigenvalue weighted by atomic mass is 9.77. The molecule has 2 fully saturated rings. The van der Waals surface area contributed by atoms with Gasteiger partial charge < -0.3 is 15.1 Å². The maximum absolute atomic E-state index is 13.7. The maximum atomic E-state index is 13.7. The Balaban J connectivity index is 1.56. The molecule has 2 aromatic rings. The molecule has 1 aliphatic heterocycles. The normalized spacial score (nSPS) is 17.9. The first-order chi connectivity index (χ1) is 17.4. The summed E-state index contributed by atoms with van der Waals surface area (Å²) in [6.45, 7) is 5.94. The highest BCUT2D eigenvalue weighted by Gasteiger charge is 2.29. The number of amides is 1. The summed E-state index contributed by atoms with van der Waals surface area (Å²) in [6.07, 6.45) is 5.34. The molecule has 190 valence electrons. The number of carbonyl (C=O) groups excluding carboxylic acids is 1. The fraction of sp³-hybridized carbons (Fsp3) is 0.483. The molecule has 4 rings (SSSR count). The number of aliphatic imine (C=N–C) groups is 1. The summed E-state index contributed by atoms with van der Waals surface area (Å²) in [5.41, 5.74) is 8.57. The lowest BCUT2D eigenvalue weighted by Gasteiger charge is -2.33. The Bertz CT molecular complexity index is 1140. The highest BCUT2D eigenvalue weighted by molar-refractivity contribution is 6.04. The monoisotopic (exact) mass is 487 g/mol. The first kappa shape index (κ1) is 25.9. The number of ether oxygens (including phenoxy) is 1. The van der Waals surface area contributed by atoms with Gasteiger partial charge >= 0.3 is 0 Å². The lowest BCUT2D eigenvalue weighted by Crippen LogP contribution is -2.39. The third-order valence-electron chi connectivity index (χ3n) is 7.61. The van der Waals surface area contributed by atoms with Crippen molar-refractivity contribution in [1.82, 2.24) is 10.3 Å². The molecule has 1 unspecified atom stereocenters. The van der Waals surface area contributed by atoms with Gasteiger partial charge in [-0.1, -0.05) is 24.6 Å². The van der Waals surface area contributed by atoms with Crippen molar-refractivity contribution in [2.45, 2.75) is 63.8 Å². The standard InChI is InChI=1S/C29H37N5O2/c1-19-15-26(24-5-4-6-24)27(28(33-31)32-20(2)18-36-3)16-25(19)29(35)34-13-11-23(12-14-34)22-9-7-21(17-30)8-10-22/h7-10,15-16,20,23-24H,4-6,11-14,18,31H2,1-3H3,(H,32,33). The largest absolute Gasteiger partial charge is 0.382 e.